The van der Waals surface area contributed by atoms with Crippen molar-refractivity contribution in [2.24, 2.45) is 40.4 Å². The number of hydrogen-bond donors (Lipinski definition) is 2. The van der Waals surface area contributed by atoms with Gasteiger partial charge in [0.2, 0.25) is 5.91 Å². The maximum Gasteiger partial charge on any atom is 0.233 e. The zero-order valence-corrected chi connectivity index (χ0v) is 19.7. The first-order valence-electron chi connectivity index (χ1n) is 12.3. The highest BCUT2D eigenvalue weighted by atomic mass is 32.2. The third kappa shape index (κ3) is 3.70. The van der Waals surface area contributed by atoms with Gasteiger partial charge in [0.05, 0.1) is 10.8 Å². The van der Waals surface area contributed by atoms with E-state index in [1.807, 2.05) is 0 Å². The topological polar surface area (TPSA) is 53.0 Å². The van der Waals surface area contributed by atoms with Crippen molar-refractivity contribution in [3.8, 4) is 0 Å². The van der Waals surface area contributed by atoms with Crippen LogP contribution in [0.15, 0.2) is 0 Å². The lowest BCUT2D eigenvalue weighted by Gasteiger charge is -2.60. The first-order valence-corrected chi connectivity index (χ1v) is 13.2. The average Bonchev–Trinajstić information content (AvgIpc) is 3.06. The van der Waals surface area contributed by atoms with Gasteiger partial charge in [-0.2, -0.15) is 0 Å². The summed E-state index contributed by atoms with van der Waals surface area (Å²) in [5.74, 6) is 4.72. The number of carbonyl (C=O) groups is 1. The van der Waals surface area contributed by atoms with Crippen molar-refractivity contribution >= 4 is 23.2 Å². The van der Waals surface area contributed by atoms with Crippen LogP contribution >= 0.6 is 11.8 Å². The minimum Gasteiger partial charge on any atom is -0.358 e. The second-order valence-electron chi connectivity index (χ2n) is 11.2. The van der Waals surface area contributed by atoms with E-state index in [-0.39, 0.29) is 11.2 Å². The molecule has 29 heavy (non-hydrogen) atoms. The number of rotatable bonds is 6. The van der Waals surface area contributed by atoms with Crippen molar-refractivity contribution in [2.45, 2.75) is 96.1 Å². The maximum atomic E-state index is 12.2. The molecular formula is C25H42N2OS. The van der Waals surface area contributed by atoms with Crippen LogP contribution in [0, 0.1) is 45.8 Å². The molecule has 0 spiro atoms. The third-order valence-electron chi connectivity index (χ3n) is 10.3. The molecule has 4 saturated carbocycles. The molecule has 8 unspecified atom stereocenters. The van der Waals surface area contributed by atoms with Gasteiger partial charge in [-0.15, -0.1) is 11.8 Å². The van der Waals surface area contributed by atoms with Gasteiger partial charge in [-0.3, -0.25) is 4.79 Å². The monoisotopic (exact) mass is 418 g/mol. The molecule has 4 fully saturated rings. The molecule has 0 saturated heterocycles. The van der Waals surface area contributed by atoms with Crippen molar-refractivity contribution in [1.82, 2.24) is 5.32 Å². The Morgan fingerprint density at radius 1 is 1.07 bits per heavy atom. The summed E-state index contributed by atoms with van der Waals surface area (Å²) in [6.07, 6.45) is 16.6. The number of thioether (sulfide) groups is 1. The molecule has 4 heteroatoms. The quantitative estimate of drug-likeness (QED) is 0.394. The molecule has 0 aromatic heterocycles. The number of nitrogens with one attached hydrogen (secondary N) is 2. The summed E-state index contributed by atoms with van der Waals surface area (Å²) in [7, 11) is 1.72. The summed E-state index contributed by atoms with van der Waals surface area (Å²) in [5, 5.41) is 10.1. The lowest BCUT2D eigenvalue weighted by Crippen LogP contribution is -2.52. The van der Waals surface area contributed by atoms with Gasteiger partial charge in [-0.05, 0) is 105 Å². The lowest BCUT2D eigenvalue weighted by atomic mass is 9.45. The number of hydrogen-bond acceptors (Lipinski definition) is 3. The van der Waals surface area contributed by atoms with Crippen molar-refractivity contribution in [3.63, 3.8) is 0 Å². The van der Waals surface area contributed by atoms with Crippen molar-refractivity contribution in [2.75, 3.05) is 7.05 Å². The Bertz CT molecular complexity index is 624. The van der Waals surface area contributed by atoms with Gasteiger partial charge in [0.15, 0.2) is 0 Å². The molecule has 8 atom stereocenters. The standard InChI is InChI=1S/C25H42N2OS/c1-24-14-5-4-6-17(24)7-10-19-20-11-8-18(25(20,2)15-13-21(19)24)9-12-22(29-16-26)23(28)27-3/h16-22,26H,4-15H2,1-3H3,(H,27,28). The molecule has 0 heterocycles. The van der Waals surface area contributed by atoms with E-state index in [4.69, 9.17) is 5.41 Å². The Morgan fingerprint density at radius 2 is 1.86 bits per heavy atom. The molecule has 0 radical (unpaired) electrons. The fourth-order valence-electron chi connectivity index (χ4n) is 8.73. The van der Waals surface area contributed by atoms with Gasteiger partial charge in [0, 0.05) is 7.05 Å². The van der Waals surface area contributed by atoms with Crippen LogP contribution < -0.4 is 5.32 Å². The predicted molar refractivity (Wildman–Crippen MR) is 123 cm³/mol. The van der Waals surface area contributed by atoms with Crippen LogP contribution in [-0.2, 0) is 4.79 Å². The van der Waals surface area contributed by atoms with E-state index in [1.54, 1.807) is 7.05 Å². The van der Waals surface area contributed by atoms with Gasteiger partial charge in [0.25, 0.3) is 0 Å². The largest absolute Gasteiger partial charge is 0.358 e. The molecular weight excluding hydrogens is 376 g/mol. The summed E-state index contributed by atoms with van der Waals surface area (Å²) in [4.78, 5) is 12.2. The molecule has 0 bridgehead atoms. The van der Waals surface area contributed by atoms with Gasteiger partial charge >= 0.3 is 0 Å². The zero-order valence-electron chi connectivity index (χ0n) is 18.8. The normalized spacial score (nSPS) is 44.9. The minimum atomic E-state index is -0.0897. The first-order chi connectivity index (χ1) is 13.9. The molecule has 2 N–H and O–H groups in total. The highest BCUT2D eigenvalue weighted by Gasteiger charge is 2.59. The van der Waals surface area contributed by atoms with Gasteiger partial charge in [0.1, 0.15) is 0 Å². The Hall–Kier alpha value is -0.510. The summed E-state index contributed by atoms with van der Waals surface area (Å²) < 4.78 is 0. The fraction of sp³-hybridized carbons (Fsp3) is 0.920. The van der Waals surface area contributed by atoms with Crippen LogP contribution in [0.3, 0.4) is 0 Å². The van der Waals surface area contributed by atoms with Crippen LogP contribution in [0.2, 0.25) is 0 Å². The molecule has 0 aromatic carbocycles. The van der Waals surface area contributed by atoms with E-state index in [0.717, 1.165) is 42.4 Å². The van der Waals surface area contributed by atoms with Crippen LogP contribution in [0.1, 0.15) is 90.9 Å². The second kappa shape index (κ2) is 8.55. The van der Waals surface area contributed by atoms with E-state index in [9.17, 15) is 4.79 Å². The molecule has 1 amide bonds. The molecule has 4 aliphatic rings. The molecule has 0 aromatic rings. The number of carbonyl (C=O) groups excluding carboxylic acids is 1. The Labute approximate surface area is 182 Å². The maximum absolute atomic E-state index is 12.2. The SMILES string of the molecule is CNC(=O)C(CCC1CCC2C3CCC4CCCCC4(C)C3CCC12C)SC=N. The van der Waals surface area contributed by atoms with Crippen LogP contribution in [0.4, 0.5) is 0 Å². The Morgan fingerprint density at radius 3 is 2.62 bits per heavy atom. The fourth-order valence-corrected chi connectivity index (χ4v) is 9.41. The van der Waals surface area contributed by atoms with Gasteiger partial charge < -0.3 is 10.7 Å². The molecule has 4 aliphatic carbocycles. The molecule has 164 valence electrons. The predicted octanol–water partition coefficient (Wildman–Crippen LogP) is 6.27. The summed E-state index contributed by atoms with van der Waals surface area (Å²) in [5.41, 5.74) is 2.46. The lowest BCUT2D eigenvalue weighted by molar-refractivity contribution is -0.120. The van der Waals surface area contributed by atoms with Crippen molar-refractivity contribution in [3.05, 3.63) is 0 Å². The average molecular weight is 419 g/mol. The van der Waals surface area contributed by atoms with Crippen molar-refractivity contribution < 1.29 is 4.79 Å². The number of amides is 1. The van der Waals surface area contributed by atoms with Crippen LogP contribution in [-0.4, -0.2) is 23.8 Å². The Kier molecular flexibility index (Phi) is 6.40. The minimum absolute atomic E-state index is 0.0884. The first kappa shape index (κ1) is 21.7. The van der Waals surface area contributed by atoms with E-state index < -0.39 is 0 Å². The molecule has 4 rings (SSSR count). The second-order valence-corrected chi connectivity index (χ2v) is 12.2. The Balaban J connectivity index is 1.45. The van der Waals surface area contributed by atoms with Crippen LogP contribution in [0.5, 0.6) is 0 Å². The van der Waals surface area contributed by atoms with E-state index in [2.05, 4.69) is 19.2 Å². The van der Waals surface area contributed by atoms with Gasteiger partial charge in [-0.1, -0.05) is 26.7 Å². The smallest absolute Gasteiger partial charge is 0.233 e. The van der Waals surface area contributed by atoms with Crippen LogP contribution in [0.25, 0.3) is 0 Å². The van der Waals surface area contributed by atoms with E-state index >= 15 is 0 Å². The number of fused-ring (bicyclic) bond motifs is 5. The summed E-state index contributed by atoms with van der Waals surface area (Å²) >= 11 is 1.38. The summed E-state index contributed by atoms with van der Waals surface area (Å²) in [6.45, 7) is 5.28. The molecule has 3 nitrogen and oxygen atoms in total. The highest BCUT2D eigenvalue weighted by Crippen LogP contribution is 2.67. The zero-order chi connectivity index (χ0) is 20.6. The van der Waals surface area contributed by atoms with E-state index in [0.29, 0.717) is 10.8 Å². The molecule has 0 aliphatic heterocycles. The van der Waals surface area contributed by atoms with E-state index in [1.165, 1.54) is 81.5 Å². The van der Waals surface area contributed by atoms with Crippen molar-refractivity contribution in [1.29, 1.82) is 5.41 Å². The third-order valence-corrected chi connectivity index (χ3v) is 11.2. The highest BCUT2D eigenvalue weighted by molar-refractivity contribution is 8.13. The summed E-state index contributed by atoms with van der Waals surface area (Å²) in [6, 6.07) is 0. The van der Waals surface area contributed by atoms with Gasteiger partial charge in [-0.25, -0.2) is 0 Å².